The van der Waals surface area contributed by atoms with E-state index < -0.39 is 9.89 Å². The van der Waals surface area contributed by atoms with Gasteiger partial charge in [-0.25, -0.2) is 4.79 Å². The quantitative estimate of drug-likeness (QED) is 0.639. The van der Waals surface area contributed by atoms with E-state index >= 15 is 0 Å². The first-order valence-corrected chi connectivity index (χ1v) is 8.85. The fraction of sp³-hybridized carbons (Fsp3) is 0.500. The molecule has 1 aliphatic rings. The second-order valence-corrected chi connectivity index (χ2v) is 8.58. The smallest absolute Gasteiger partial charge is 0.407 e. The molecule has 9 heteroatoms. The van der Waals surface area contributed by atoms with Gasteiger partial charge in [-0.05, 0) is 37.5 Å². The number of ether oxygens (including phenoxy) is 1. The molecule has 1 aromatic carbocycles. The second-order valence-electron chi connectivity index (χ2n) is 5.25. The monoisotopic (exact) mass is 418 g/mol. The van der Waals surface area contributed by atoms with E-state index in [-0.39, 0.29) is 18.7 Å². The minimum Gasteiger partial charge on any atom is -0.445 e. The van der Waals surface area contributed by atoms with Crippen LogP contribution in [0.25, 0.3) is 0 Å². The van der Waals surface area contributed by atoms with Gasteiger partial charge in [-0.1, -0.05) is 58.0 Å². The summed E-state index contributed by atoms with van der Waals surface area (Å²) in [6, 6.07) is 5.30. The SMILES string of the molecule is O=C(N[C@@H]1CCC[C@H]1Nc1ccc(Cl)c(Cl)c1)OCC(Cl)(Cl)Cl. The number of anilines is 1. The lowest BCUT2D eigenvalue weighted by Crippen LogP contribution is -2.44. The van der Waals surface area contributed by atoms with Crippen LogP contribution in [0.1, 0.15) is 19.3 Å². The number of benzene rings is 1. The summed E-state index contributed by atoms with van der Waals surface area (Å²) >= 11 is 28.5. The van der Waals surface area contributed by atoms with Crippen molar-refractivity contribution in [2.45, 2.75) is 35.1 Å². The van der Waals surface area contributed by atoms with Gasteiger partial charge in [-0.3, -0.25) is 0 Å². The number of carbonyl (C=O) groups excluding carboxylic acids is 1. The molecule has 1 aliphatic carbocycles. The third-order valence-electron chi connectivity index (χ3n) is 3.46. The number of alkyl carbamates (subject to hydrolysis) is 1. The van der Waals surface area contributed by atoms with Gasteiger partial charge < -0.3 is 15.4 Å². The van der Waals surface area contributed by atoms with Crippen LogP contribution in [-0.4, -0.2) is 28.6 Å². The van der Waals surface area contributed by atoms with Gasteiger partial charge >= 0.3 is 6.09 Å². The first-order valence-electron chi connectivity index (χ1n) is 6.96. The van der Waals surface area contributed by atoms with Crippen molar-refractivity contribution in [1.29, 1.82) is 0 Å². The van der Waals surface area contributed by atoms with Crippen molar-refractivity contribution < 1.29 is 9.53 Å². The maximum atomic E-state index is 11.8. The lowest BCUT2D eigenvalue weighted by molar-refractivity contribution is 0.144. The zero-order valence-corrected chi connectivity index (χ0v) is 15.7. The van der Waals surface area contributed by atoms with Gasteiger partial charge in [0.25, 0.3) is 0 Å². The highest BCUT2D eigenvalue weighted by Gasteiger charge is 2.30. The van der Waals surface area contributed by atoms with Gasteiger partial charge in [0.15, 0.2) is 0 Å². The summed E-state index contributed by atoms with van der Waals surface area (Å²) in [6.45, 7) is -0.304. The molecular weight excluding hydrogens is 405 g/mol. The van der Waals surface area contributed by atoms with Crippen LogP contribution in [0.4, 0.5) is 10.5 Å². The number of hydrogen-bond donors (Lipinski definition) is 2. The molecule has 2 N–H and O–H groups in total. The van der Waals surface area contributed by atoms with E-state index in [1.807, 2.05) is 6.07 Å². The van der Waals surface area contributed by atoms with Crippen molar-refractivity contribution in [1.82, 2.24) is 5.32 Å². The van der Waals surface area contributed by atoms with Crippen molar-refractivity contribution in [3.8, 4) is 0 Å². The molecular formula is C14H15Cl5N2O2. The maximum Gasteiger partial charge on any atom is 0.407 e. The van der Waals surface area contributed by atoms with Crippen LogP contribution < -0.4 is 10.6 Å². The van der Waals surface area contributed by atoms with Gasteiger partial charge in [0.05, 0.1) is 16.1 Å². The number of carbonyl (C=O) groups is 1. The van der Waals surface area contributed by atoms with E-state index in [4.69, 9.17) is 62.7 Å². The standard InChI is InChI=1S/C14H15Cl5N2O2/c15-9-5-4-8(6-10(9)16)20-11-2-1-3-12(11)21-13(22)23-7-14(17,18)19/h4-6,11-12,20H,1-3,7H2,(H,21,22)/t11-,12-/m1/s1. The van der Waals surface area contributed by atoms with E-state index in [1.54, 1.807) is 12.1 Å². The summed E-state index contributed by atoms with van der Waals surface area (Å²) in [6.07, 6.45) is 2.12. The number of alkyl halides is 3. The van der Waals surface area contributed by atoms with Crippen LogP contribution in [0.3, 0.4) is 0 Å². The molecule has 1 saturated carbocycles. The summed E-state index contributed by atoms with van der Waals surface area (Å²) in [5.41, 5.74) is 0.841. The molecule has 0 radical (unpaired) electrons. The minimum atomic E-state index is -1.62. The number of hydrogen-bond acceptors (Lipinski definition) is 3. The molecule has 0 bridgehead atoms. The van der Waals surface area contributed by atoms with Gasteiger partial charge in [0.1, 0.15) is 6.61 Å². The highest BCUT2D eigenvalue weighted by atomic mass is 35.6. The van der Waals surface area contributed by atoms with E-state index in [1.165, 1.54) is 0 Å². The Balaban J connectivity index is 1.89. The second kappa shape index (κ2) is 8.21. The lowest BCUT2D eigenvalue weighted by Gasteiger charge is -2.23. The molecule has 0 spiro atoms. The van der Waals surface area contributed by atoms with Crippen molar-refractivity contribution in [3.05, 3.63) is 28.2 Å². The maximum absolute atomic E-state index is 11.8. The normalized spacial score (nSPS) is 21.1. The molecule has 0 heterocycles. The molecule has 2 rings (SSSR count). The number of rotatable bonds is 4. The van der Waals surface area contributed by atoms with Gasteiger partial charge in [0.2, 0.25) is 3.79 Å². The molecule has 4 nitrogen and oxygen atoms in total. The van der Waals surface area contributed by atoms with Crippen LogP contribution in [0, 0.1) is 0 Å². The van der Waals surface area contributed by atoms with Crippen molar-refractivity contribution in [2.24, 2.45) is 0 Å². The molecule has 128 valence electrons. The van der Waals surface area contributed by atoms with Gasteiger partial charge in [-0.2, -0.15) is 0 Å². The molecule has 1 aromatic rings. The third-order valence-corrected chi connectivity index (χ3v) is 4.52. The van der Waals surface area contributed by atoms with E-state index in [2.05, 4.69) is 10.6 Å². The molecule has 1 fully saturated rings. The average Bonchev–Trinajstić information content (AvgIpc) is 2.87. The molecule has 0 aliphatic heterocycles. The predicted octanol–water partition coefficient (Wildman–Crippen LogP) is 5.42. The van der Waals surface area contributed by atoms with Crippen molar-refractivity contribution in [2.75, 3.05) is 11.9 Å². The Bertz CT molecular complexity index is 565. The molecule has 0 unspecified atom stereocenters. The fourth-order valence-electron chi connectivity index (χ4n) is 2.45. The average molecular weight is 421 g/mol. The summed E-state index contributed by atoms with van der Waals surface area (Å²) in [4.78, 5) is 11.8. The van der Waals surface area contributed by atoms with Gasteiger partial charge in [-0.15, -0.1) is 0 Å². The predicted molar refractivity (Wildman–Crippen MR) is 96.3 cm³/mol. The van der Waals surface area contributed by atoms with Crippen LogP contribution in [-0.2, 0) is 4.74 Å². The van der Waals surface area contributed by atoms with E-state index in [0.29, 0.717) is 10.0 Å². The Hall–Kier alpha value is -0.260. The number of halogens is 5. The Morgan fingerprint density at radius 2 is 1.87 bits per heavy atom. The first-order chi connectivity index (χ1) is 10.7. The van der Waals surface area contributed by atoms with Crippen LogP contribution in [0.5, 0.6) is 0 Å². The van der Waals surface area contributed by atoms with E-state index in [9.17, 15) is 4.79 Å². The summed E-state index contributed by atoms with van der Waals surface area (Å²) < 4.78 is 3.27. The number of nitrogens with one attached hydrogen (secondary N) is 2. The topological polar surface area (TPSA) is 50.4 Å². The summed E-state index contributed by atoms with van der Waals surface area (Å²) in [7, 11) is 0. The Labute approximate surface area is 159 Å². The largest absolute Gasteiger partial charge is 0.445 e. The molecule has 23 heavy (non-hydrogen) atoms. The van der Waals surface area contributed by atoms with Crippen molar-refractivity contribution >= 4 is 69.8 Å². The zero-order valence-electron chi connectivity index (χ0n) is 11.9. The zero-order chi connectivity index (χ0) is 17.0. The molecule has 0 saturated heterocycles. The van der Waals surface area contributed by atoms with Crippen LogP contribution >= 0.6 is 58.0 Å². The van der Waals surface area contributed by atoms with Crippen LogP contribution in [0.15, 0.2) is 18.2 Å². The van der Waals surface area contributed by atoms with Crippen LogP contribution in [0.2, 0.25) is 10.0 Å². The molecule has 0 aromatic heterocycles. The van der Waals surface area contributed by atoms with Crippen molar-refractivity contribution in [3.63, 3.8) is 0 Å². The summed E-state index contributed by atoms with van der Waals surface area (Å²) in [5, 5.41) is 7.10. The van der Waals surface area contributed by atoms with Gasteiger partial charge in [0, 0.05) is 11.7 Å². The minimum absolute atomic E-state index is 0.0625. The Morgan fingerprint density at radius 1 is 1.17 bits per heavy atom. The molecule has 2 atom stereocenters. The molecule has 1 amide bonds. The van der Waals surface area contributed by atoms with E-state index in [0.717, 1.165) is 24.9 Å². The lowest BCUT2D eigenvalue weighted by atomic mass is 10.1. The third kappa shape index (κ3) is 6.28. The fourth-order valence-corrected chi connectivity index (χ4v) is 2.91. The highest BCUT2D eigenvalue weighted by molar-refractivity contribution is 6.67. The Morgan fingerprint density at radius 3 is 2.52 bits per heavy atom. The Kier molecular flexibility index (Phi) is 6.81. The highest BCUT2D eigenvalue weighted by Crippen LogP contribution is 2.29. The first kappa shape index (κ1) is 19.1. The summed E-state index contributed by atoms with van der Waals surface area (Å²) in [5.74, 6) is 0. The number of amides is 1.